The molecular formula is C26H22FN3O6S2. The van der Waals surface area contributed by atoms with E-state index >= 15 is 4.39 Å². The summed E-state index contributed by atoms with van der Waals surface area (Å²) in [6.07, 6.45) is 6.22. The van der Waals surface area contributed by atoms with Gasteiger partial charge >= 0.3 is 0 Å². The molecule has 4 aromatic rings. The fourth-order valence-corrected chi connectivity index (χ4v) is 5.75. The molecule has 0 fully saturated rings. The highest BCUT2D eigenvalue weighted by molar-refractivity contribution is 7.90. The molecule has 0 saturated heterocycles. The van der Waals surface area contributed by atoms with Crippen molar-refractivity contribution in [1.29, 1.82) is 0 Å². The molecule has 0 radical (unpaired) electrons. The summed E-state index contributed by atoms with van der Waals surface area (Å²) in [5, 5.41) is 1.17. The highest BCUT2D eigenvalue weighted by atomic mass is 32.2. The van der Waals surface area contributed by atoms with E-state index in [4.69, 9.17) is 10.2 Å². The minimum Gasteiger partial charge on any atom is -0.463 e. The van der Waals surface area contributed by atoms with Crippen LogP contribution in [0.3, 0.4) is 0 Å². The first-order valence-electron chi connectivity index (χ1n) is 11.5. The van der Waals surface area contributed by atoms with Gasteiger partial charge in [-0.15, -0.1) is 11.3 Å². The number of aromatic nitrogens is 1. The van der Waals surface area contributed by atoms with Crippen molar-refractivity contribution in [1.82, 2.24) is 9.29 Å². The van der Waals surface area contributed by atoms with Crippen molar-refractivity contribution < 1.29 is 31.6 Å². The van der Waals surface area contributed by atoms with E-state index in [0.29, 0.717) is 10.9 Å². The summed E-state index contributed by atoms with van der Waals surface area (Å²) in [6.45, 7) is 2.79. The second-order valence-electron chi connectivity index (χ2n) is 9.07. The highest BCUT2D eigenvalue weighted by Crippen LogP contribution is 2.40. The Kier molecular flexibility index (Phi) is 6.32. The number of amides is 2. The molecule has 196 valence electrons. The number of primary amides is 1. The quantitative estimate of drug-likeness (QED) is 0.351. The summed E-state index contributed by atoms with van der Waals surface area (Å²) in [7, 11) is -4.07. The molecule has 0 bridgehead atoms. The van der Waals surface area contributed by atoms with Crippen molar-refractivity contribution >= 4 is 66.4 Å². The number of hydrogen-bond donors (Lipinski definition) is 2. The molecule has 0 spiro atoms. The number of nitrogens with two attached hydrogens (primary N) is 1. The number of fused-ring (bicyclic) bond motifs is 3. The maximum absolute atomic E-state index is 15.2. The molecule has 3 heterocycles. The number of carbonyl (C=O) groups excluding carboxylic acids is 3. The summed E-state index contributed by atoms with van der Waals surface area (Å²) >= 11 is 1.10. The second kappa shape index (κ2) is 9.37. The van der Waals surface area contributed by atoms with Crippen LogP contribution in [0.2, 0.25) is 0 Å². The van der Waals surface area contributed by atoms with E-state index in [9.17, 15) is 22.8 Å². The zero-order valence-electron chi connectivity index (χ0n) is 20.3. The van der Waals surface area contributed by atoms with Crippen LogP contribution >= 0.6 is 11.3 Å². The van der Waals surface area contributed by atoms with Gasteiger partial charge in [0.2, 0.25) is 10.0 Å². The predicted molar refractivity (Wildman–Crippen MR) is 142 cm³/mol. The molecule has 1 aliphatic rings. The van der Waals surface area contributed by atoms with E-state index in [1.54, 1.807) is 23.6 Å². The normalized spacial score (nSPS) is 14.0. The Morgan fingerprint density at radius 3 is 2.71 bits per heavy atom. The van der Waals surface area contributed by atoms with E-state index in [0.717, 1.165) is 11.3 Å². The van der Waals surface area contributed by atoms with E-state index in [2.05, 4.69) is 4.72 Å². The van der Waals surface area contributed by atoms with Crippen LogP contribution in [0, 0.1) is 5.82 Å². The number of carbonyl (C=O) groups is 3. The molecule has 2 amide bonds. The van der Waals surface area contributed by atoms with Gasteiger partial charge in [0, 0.05) is 24.1 Å². The van der Waals surface area contributed by atoms with Crippen molar-refractivity contribution in [2.24, 2.45) is 5.73 Å². The number of hydrogen-bond acceptors (Lipinski definition) is 7. The first-order chi connectivity index (χ1) is 18.0. The minimum absolute atomic E-state index is 0.0479. The van der Waals surface area contributed by atoms with Gasteiger partial charge in [-0.1, -0.05) is 18.2 Å². The number of nitrogens with zero attached hydrogens (tertiary/aromatic N) is 1. The molecule has 0 atom stereocenters. The van der Waals surface area contributed by atoms with E-state index < -0.39 is 32.9 Å². The summed E-state index contributed by atoms with van der Waals surface area (Å²) in [5.41, 5.74) is 6.42. The van der Waals surface area contributed by atoms with Gasteiger partial charge in [0.05, 0.1) is 32.7 Å². The van der Waals surface area contributed by atoms with E-state index in [1.807, 2.05) is 0 Å². The van der Waals surface area contributed by atoms with Gasteiger partial charge in [-0.05, 0) is 43.0 Å². The number of Topliss-reactive ketones (excluding diaryl/α,β-unsaturated/α-hetero) is 1. The summed E-state index contributed by atoms with van der Waals surface area (Å²) < 4.78 is 49.7. The fourth-order valence-electron chi connectivity index (χ4n) is 4.40. The lowest BCUT2D eigenvalue weighted by Gasteiger charge is -2.15. The van der Waals surface area contributed by atoms with Crippen LogP contribution < -0.4 is 10.5 Å². The van der Waals surface area contributed by atoms with Crippen molar-refractivity contribution in [3.63, 3.8) is 0 Å². The molecule has 3 aromatic heterocycles. The Hall–Kier alpha value is -4.03. The van der Waals surface area contributed by atoms with Crippen molar-refractivity contribution in [3.05, 3.63) is 75.6 Å². The lowest BCUT2D eigenvalue weighted by atomic mass is 9.93. The molecule has 5 rings (SSSR count). The van der Waals surface area contributed by atoms with Crippen LogP contribution in [0.4, 0.5) is 4.39 Å². The average Bonchev–Trinajstić information content (AvgIpc) is 3.58. The van der Waals surface area contributed by atoms with E-state index in [1.165, 1.54) is 42.9 Å². The molecule has 0 saturated carbocycles. The minimum atomic E-state index is -4.07. The number of ketones is 1. The largest absolute Gasteiger partial charge is 0.463 e. The van der Waals surface area contributed by atoms with Crippen LogP contribution in [0.5, 0.6) is 0 Å². The monoisotopic (exact) mass is 555 g/mol. The summed E-state index contributed by atoms with van der Waals surface area (Å²) in [6, 6.07) is 4.19. The number of nitrogens with one attached hydrogen (secondary N) is 1. The van der Waals surface area contributed by atoms with Crippen LogP contribution in [-0.4, -0.2) is 35.8 Å². The maximum atomic E-state index is 15.2. The lowest BCUT2D eigenvalue weighted by Crippen LogP contribution is -2.37. The second-order valence-corrected chi connectivity index (χ2v) is 12.2. The van der Waals surface area contributed by atoms with Crippen LogP contribution in [0.1, 0.15) is 51.6 Å². The number of halogens is 1. The van der Waals surface area contributed by atoms with E-state index in [-0.39, 0.29) is 56.9 Å². The molecule has 0 aliphatic heterocycles. The third-order valence-electron chi connectivity index (χ3n) is 6.30. The highest BCUT2D eigenvalue weighted by Gasteiger charge is 2.33. The molecule has 12 heteroatoms. The van der Waals surface area contributed by atoms with Crippen LogP contribution in [0.25, 0.3) is 27.4 Å². The number of rotatable bonds is 7. The van der Waals surface area contributed by atoms with Crippen molar-refractivity contribution in [3.8, 4) is 0 Å². The molecule has 38 heavy (non-hydrogen) atoms. The standard InChI is InChI=1S/C26H22FN3O6S2/c1-13(2)38(34,35)29-26(33)23-21(16-5-3-4-6-19(16)31)22-18(10-17(27)15-7-8-36-24(15)22)30(23)11-14-9-20(25(28)32)37-12-14/h3-5,7-10,12-13H,6,11H2,1-2H3,(H2,28,32)(H,29,33). The van der Waals surface area contributed by atoms with Crippen molar-refractivity contribution in [2.75, 3.05) is 0 Å². The Morgan fingerprint density at radius 1 is 1.29 bits per heavy atom. The smallest absolute Gasteiger partial charge is 0.282 e. The first-order valence-corrected chi connectivity index (χ1v) is 14.0. The Morgan fingerprint density at radius 2 is 2.05 bits per heavy atom. The molecule has 9 nitrogen and oxygen atoms in total. The molecule has 3 N–H and O–H groups in total. The zero-order chi connectivity index (χ0) is 27.4. The molecule has 1 aromatic carbocycles. The van der Waals surface area contributed by atoms with Gasteiger partial charge in [0.15, 0.2) is 5.78 Å². The van der Waals surface area contributed by atoms with Gasteiger partial charge in [-0.2, -0.15) is 0 Å². The number of thiophene rings is 1. The molecule has 0 unspecified atom stereocenters. The average molecular weight is 556 g/mol. The zero-order valence-corrected chi connectivity index (χ0v) is 21.9. The van der Waals surface area contributed by atoms with Crippen LogP contribution in [-0.2, 0) is 21.4 Å². The van der Waals surface area contributed by atoms with Gasteiger partial charge in [-0.3, -0.25) is 14.4 Å². The fraction of sp³-hybridized carbons (Fsp3) is 0.192. The number of allylic oxidation sites excluding steroid dienone is 4. The lowest BCUT2D eigenvalue weighted by molar-refractivity contribution is -0.113. The first kappa shape index (κ1) is 25.6. The summed E-state index contributed by atoms with van der Waals surface area (Å²) in [5.74, 6) is -2.55. The van der Waals surface area contributed by atoms with Gasteiger partial charge in [0.1, 0.15) is 17.1 Å². The molecular weight excluding hydrogens is 533 g/mol. The Balaban J connectivity index is 1.87. The topological polar surface area (TPSA) is 141 Å². The molecule has 1 aliphatic carbocycles. The summed E-state index contributed by atoms with van der Waals surface area (Å²) in [4.78, 5) is 38.7. The maximum Gasteiger partial charge on any atom is 0.282 e. The van der Waals surface area contributed by atoms with Gasteiger partial charge < -0.3 is 14.7 Å². The third kappa shape index (κ3) is 4.25. The third-order valence-corrected chi connectivity index (χ3v) is 9.00. The predicted octanol–water partition coefficient (Wildman–Crippen LogP) is 4.12. The Labute approximate surface area is 220 Å². The van der Waals surface area contributed by atoms with Gasteiger partial charge in [-0.25, -0.2) is 17.5 Å². The Bertz CT molecular complexity index is 1820. The SMILES string of the molecule is CC(C)S(=O)(=O)NC(=O)c1c(C2=CC=CCC2=O)c2c3occc3c(F)cc2n1Cc1csc(C(N)=O)c1. The number of furan rings is 1. The number of sulfonamides is 1. The van der Waals surface area contributed by atoms with Gasteiger partial charge in [0.25, 0.3) is 11.8 Å². The number of benzene rings is 1. The van der Waals surface area contributed by atoms with Crippen molar-refractivity contribution in [2.45, 2.75) is 32.1 Å². The van der Waals surface area contributed by atoms with Crippen LogP contribution in [0.15, 0.2) is 52.5 Å².